The monoisotopic (exact) mass is 528 g/mol. The number of nitrogens with zero attached hydrogens (tertiary/aromatic N) is 2. The van der Waals surface area contributed by atoms with E-state index in [2.05, 4.69) is 22.2 Å². The Kier molecular flexibility index (Phi) is 8.86. The Bertz CT molecular complexity index is 1310. The lowest BCUT2D eigenvalue weighted by molar-refractivity contribution is 0.0929. The van der Waals surface area contributed by atoms with Gasteiger partial charge in [-0.1, -0.05) is 24.8 Å². The van der Waals surface area contributed by atoms with Crippen LogP contribution in [0, 0.1) is 6.92 Å². The van der Waals surface area contributed by atoms with E-state index in [0.717, 1.165) is 36.1 Å². The number of methoxy groups -OCH3 is 2. The van der Waals surface area contributed by atoms with Crippen molar-refractivity contribution in [3.63, 3.8) is 0 Å². The fourth-order valence-corrected chi connectivity index (χ4v) is 5.04. The molecule has 0 spiro atoms. The molecule has 204 valence electrons. The lowest BCUT2D eigenvalue weighted by Gasteiger charge is -2.26. The van der Waals surface area contributed by atoms with Gasteiger partial charge in [0.05, 0.1) is 25.8 Å². The zero-order chi connectivity index (χ0) is 27.9. The van der Waals surface area contributed by atoms with Gasteiger partial charge in [0.1, 0.15) is 17.3 Å². The van der Waals surface area contributed by atoms with Gasteiger partial charge in [-0.05, 0) is 81.3 Å². The number of amides is 2. The summed E-state index contributed by atoms with van der Waals surface area (Å²) >= 11 is 0. The molecule has 39 heavy (non-hydrogen) atoms. The van der Waals surface area contributed by atoms with Crippen molar-refractivity contribution in [1.29, 1.82) is 0 Å². The molecule has 0 radical (unpaired) electrons. The number of nitrogens with one attached hydrogen (secondary N) is 2. The van der Waals surface area contributed by atoms with Crippen LogP contribution in [0.3, 0.4) is 0 Å². The van der Waals surface area contributed by atoms with Crippen molar-refractivity contribution in [3.05, 3.63) is 95.8 Å². The highest BCUT2D eigenvalue weighted by molar-refractivity contribution is 5.96. The molecule has 0 saturated heterocycles. The summed E-state index contributed by atoms with van der Waals surface area (Å²) in [5, 5.41) is 6.19. The molecule has 0 bridgehead atoms. The molecule has 2 amide bonds. The minimum atomic E-state index is -0.195. The van der Waals surface area contributed by atoms with Gasteiger partial charge >= 0.3 is 0 Å². The standard InChI is InChI=1S/C31H36N4O4/c1-6-35(25-14-13-24(18-25)34-31(37)27-8-7-9-28(39-5)20(27)2)29-17-12-23(19-32-29)30(36)33-21(3)22-10-15-26(38-4)16-11-22/h6-12,15-17,19,21,24-25H,1,13-14,18H2,2-5H3,(H,33,36)(H,34,37). The van der Waals surface area contributed by atoms with Crippen molar-refractivity contribution in [3.8, 4) is 11.5 Å². The lowest BCUT2D eigenvalue weighted by atomic mass is 10.1. The number of hydrogen-bond acceptors (Lipinski definition) is 6. The van der Waals surface area contributed by atoms with Crippen molar-refractivity contribution in [2.45, 2.75) is 51.2 Å². The number of benzene rings is 2. The second-order valence-corrected chi connectivity index (χ2v) is 9.73. The van der Waals surface area contributed by atoms with Crippen molar-refractivity contribution < 1.29 is 19.1 Å². The summed E-state index contributed by atoms with van der Waals surface area (Å²) in [4.78, 5) is 32.4. The zero-order valence-electron chi connectivity index (χ0n) is 22.9. The SMILES string of the molecule is C=CN(c1ccc(C(=O)NC(C)c2ccc(OC)cc2)cn1)C1CCC(NC(=O)c2cccc(OC)c2C)C1. The van der Waals surface area contributed by atoms with Crippen LogP contribution in [0.1, 0.15) is 64.1 Å². The third-order valence-corrected chi connectivity index (χ3v) is 7.32. The average molecular weight is 529 g/mol. The Morgan fingerprint density at radius 3 is 2.46 bits per heavy atom. The summed E-state index contributed by atoms with van der Waals surface area (Å²) in [5.41, 5.74) is 2.91. The van der Waals surface area contributed by atoms with Gasteiger partial charge in [-0.3, -0.25) is 9.59 Å². The summed E-state index contributed by atoms with van der Waals surface area (Å²) < 4.78 is 10.6. The normalized spacial score (nSPS) is 17.1. The van der Waals surface area contributed by atoms with Crippen LogP contribution in [0.5, 0.6) is 11.5 Å². The zero-order valence-corrected chi connectivity index (χ0v) is 22.9. The molecule has 3 atom stereocenters. The molecule has 0 aliphatic heterocycles. The van der Waals surface area contributed by atoms with Crippen LogP contribution in [-0.2, 0) is 0 Å². The Balaban J connectivity index is 1.35. The second kappa shape index (κ2) is 12.5. The van der Waals surface area contributed by atoms with E-state index in [0.29, 0.717) is 22.7 Å². The second-order valence-electron chi connectivity index (χ2n) is 9.73. The molecule has 8 nitrogen and oxygen atoms in total. The quantitative estimate of drug-likeness (QED) is 0.376. The number of carbonyl (C=O) groups is 2. The molecule has 1 heterocycles. The van der Waals surface area contributed by atoms with E-state index >= 15 is 0 Å². The van der Waals surface area contributed by atoms with Crippen LogP contribution < -0.4 is 25.0 Å². The molecule has 2 aromatic carbocycles. The van der Waals surface area contributed by atoms with Crippen LogP contribution in [0.4, 0.5) is 5.82 Å². The summed E-state index contributed by atoms with van der Waals surface area (Å²) in [5.74, 6) is 1.89. The van der Waals surface area contributed by atoms with Crippen LogP contribution >= 0.6 is 0 Å². The maximum Gasteiger partial charge on any atom is 0.253 e. The molecular formula is C31H36N4O4. The van der Waals surface area contributed by atoms with E-state index in [1.807, 2.05) is 67.3 Å². The Labute approximate surface area is 230 Å². The highest BCUT2D eigenvalue weighted by Crippen LogP contribution is 2.29. The summed E-state index contributed by atoms with van der Waals surface area (Å²) in [6.07, 6.45) is 5.85. The predicted molar refractivity (Wildman–Crippen MR) is 152 cm³/mol. The Hall–Kier alpha value is -4.33. The molecule has 1 saturated carbocycles. The number of aromatic nitrogens is 1. The first-order valence-corrected chi connectivity index (χ1v) is 13.1. The first-order valence-electron chi connectivity index (χ1n) is 13.1. The van der Waals surface area contributed by atoms with Crippen LogP contribution in [0.2, 0.25) is 0 Å². The van der Waals surface area contributed by atoms with Gasteiger partial charge in [-0.15, -0.1) is 0 Å². The van der Waals surface area contributed by atoms with Gasteiger partial charge in [0.2, 0.25) is 0 Å². The van der Waals surface area contributed by atoms with Crippen LogP contribution in [-0.4, -0.2) is 43.1 Å². The van der Waals surface area contributed by atoms with Crippen molar-refractivity contribution >= 4 is 17.6 Å². The number of hydrogen-bond donors (Lipinski definition) is 2. The van der Waals surface area contributed by atoms with Gasteiger partial charge in [0.15, 0.2) is 0 Å². The van der Waals surface area contributed by atoms with Gasteiger partial charge in [0, 0.05) is 29.4 Å². The first kappa shape index (κ1) is 27.7. The fourth-order valence-electron chi connectivity index (χ4n) is 5.04. The number of carbonyl (C=O) groups excluding carboxylic acids is 2. The number of pyridine rings is 1. The van der Waals surface area contributed by atoms with Crippen LogP contribution in [0.25, 0.3) is 0 Å². The molecule has 3 aromatic rings. The summed E-state index contributed by atoms with van der Waals surface area (Å²) in [6, 6.07) is 16.7. The average Bonchev–Trinajstić information content (AvgIpc) is 3.41. The largest absolute Gasteiger partial charge is 0.497 e. The van der Waals surface area contributed by atoms with E-state index in [1.165, 1.54) is 0 Å². The van der Waals surface area contributed by atoms with Crippen molar-refractivity contribution in [2.75, 3.05) is 19.1 Å². The minimum Gasteiger partial charge on any atom is -0.497 e. The molecule has 8 heteroatoms. The topological polar surface area (TPSA) is 92.8 Å². The van der Waals surface area contributed by atoms with Gasteiger partial charge in [-0.2, -0.15) is 0 Å². The van der Waals surface area contributed by atoms with Gasteiger partial charge < -0.3 is 25.0 Å². The molecule has 2 N–H and O–H groups in total. The highest BCUT2D eigenvalue weighted by atomic mass is 16.5. The molecule has 4 rings (SSSR count). The first-order chi connectivity index (χ1) is 18.8. The summed E-state index contributed by atoms with van der Waals surface area (Å²) in [7, 11) is 3.23. The van der Waals surface area contributed by atoms with E-state index in [-0.39, 0.29) is 29.9 Å². The van der Waals surface area contributed by atoms with E-state index in [9.17, 15) is 9.59 Å². The third-order valence-electron chi connectivity index (χ3n) is 7.32. The molecule has 1 aromatic heterocycles. The minimum absolute atomic E-state index is 0.0417. The molecule has 1 aliphatic carbocycles. The molecule has 3 unspecified atom stereocenters. The number of rotatable bonds is 10. The Morgan fingerprint density at radius 1 is 1.05 bits per heavy atom. The fraction of sp³-hybridized carbons (Fsp3) is 0.323. The maximum absolute atomic E-state index is 12.9. The van der Waals surface area contributed by atoms with Crippen molar-refractivity contribution in [2.24, 2.45) is 0 Å². The van der Waals surface area contributed by atoms with Crippen molar-refractivity contribution in [1.82, 2.24) is 15.6 Å². The number of ether oxygens (including phenoxy) is 2. The lowest BCUT2D eigenvalue weighted by Crippen LogP contribution is -2.36. The third kappa shape index (κ3) is 6.39. The van der Waals surface area contributed by atoms with E-state index < -0.39 is 0 Å². The molecular weight excluding hydrogens is 492 g/mol. The Morgan fingerprint density at radius 2 is 1.82 bits per heavy atom. The highest BCUT2D eigenvalue weighted by Gasteiger charge is 2.30. The predicted octanol–water partition coefficient (Wildman–Crippen LogP) is 5.20. The van der Waals surface area contributed by atoms with Gasteiger partial charge in [0.25, 0.3) is 11.8 Å². The number of anilines is 1. The molecule has 1 aliphatic rings. The smallest absolute Gasteiger partial charge is 0.253 e. The van der Waals surface area contributed by atoms with E-state index in [4.69, 9.17) is 9.47 Å². The van der Waals surface area contributed by atoms with Gasteiger partial charge in [-0.25, -0.2) is 4.98 Å². The van der Waals surface area contributed by atoms with Crippen LogP contribution in [0.15, 0.2) is 73.6 Å². The van der Waals surface area contributed by atoms with E-state index in [1.54, 1.807) is 32.7 Å². The molecule has 1 fully saturated rings. The summed E-state index contributed by atoms with van der Waals surface area (Å²) in [6.45, 7) is 7.81. The maximum atomic E-state index is 12.9.